The number of nitro groups is 1. The summed E-state index contributed by atoms with van der Waals surface area (Å²) in [5.41, 5.74) is 0.807. The Morgan fingerprint density at radius 1 is 1.27 bits per heavy atom. The van der Waals surface area contributed by atoms with Crippen molar-refractivity contribution < 1.29 is 9.72 Å². The number of carbonyl (C=O) groups is 1. The highest BCUT2D eigenvalue weighted by Gasteiger charge is 2.17. The highest BCUT2D eigenvalue weighted by molar-refractivity contribution is 6.18. The minimum atomic E-state index is -0.521. The maximum atomic E-state index is 12.2. The molecule has 22 heavy (non-hydrogen) atoms. The SMILES string of the molecule is O=C(CCCCl)c1ccccc1Nc1ncccc1[N+](=O)[O-]. The smallest absolute Gasteiger partial charge is 0.311 e. The maximum Gasteiger partial charge on any atom is 0.311 e. The summed E-state index contributed by atoms with van der Waals surface area (Å²) in [5, 5.41) is 13.9. The number of carbonyl (C=O) groups excluding carboxylic acids is 1. The third kappa shape index (κ3) is 3.79. The van der Waals surface area contributed by atoms with Crippen LogP contribution >= 0.6 is 11.6 Å². The number of nitrogens with zero attached hydrogens (tertiary/aromatic N) is 2. The van der Waals surface area contributed by atoms with Gasteiger partial charge in [0.2, 0.25) is 5.82 Å². The van der Waals surface area contributed by atoms with Gasteiger partial charge in [0.15, 0.2) is 5.78 Å². The van der Waals surface area contributed by atoms with E-state index >= 15 is 0 Å². The average molecular weight is 320 g/mol. The second-order valence-corrected chi connectivity index (χ2v) is 4.89. The molecule has 0 atom stereocenters. The molecule has 6 nitrogen and oxygen atoms in total. The van der Waals surface area contributed by atoms with E-state index in [9.17, 15) is 14.9 Å². The summed E-state index contributed by atoms with van der Waals surface area (Å²) in [6, 6.07) is 9.69. The Kier molecular flexibility index (Phi) is 5.43. The maximum absolute atomic E-state index is 12.2. The van der Waals surface area contributed by atoms with Crippen molar-refractivity contribution in [3.05, 3.63) is 58.3 Å². The normalized spacial score (nSPS) is 10.2. The van der Waals surface area contributed by atoms with E-state index in [0.717, 1.165) is 0 Å². The van der Waals surface area contributed by atoms with E-state index in [2.05, 4.69) is 10.3 Å². The second kappa shape index (κ2) is 7.51. The number of pyridine rings is 1. The van der Waals surface area contributed by atoms with Gasteiger partial charge in [-0.3, -0.25) is 14.9 Å². The molecule has 0 aliphatic rings. The van der Waals surface area contributed by atoms with Crippen molar-refractivity contribution >= 4 is 34.6 Å². The summed E-state index contributed by atoms with van der Waals surface area (Å²) in [7, 11) is 0. The first-order valence-corrected chi connectivity index (χ1v) is 7.21. The van der Waals surface area contributed by atoms with E-state index in [0.29, 0.717) is 30.0 Å². The number of para-hydroxylation sites is 1. The topological polar surface area (TPSA) is 85.1 Å². The molecule has 0 unspecified atom stereocenters. The lowest BCUT2D eigenvalue weighted by Gasteiger charge is -2.10. The molecule has 1 heterocycles. The Labute approximate surface area is 132 Å². The molecule has 0 aliphatic carbocycles. The summed E-state index contributed by atoms with van der Waals surface area (Å²) < 4.78 is 0. The Morgan fingerprint density at radius 3 is 2.77 bits per heavy atom. The largest absolute Gasteiger partial charge is 0.334 e. The van der Waals surface area contributed by atoms with Gasteiger partial charge in [-0.2, -0.15) is 0 Å². The minimum Gasteiger partial charge on any atom is -0.334 e. The molecule has 1 aromatic carbocycles. The van der Waals surface area contributed by atoms with Crippen LogP contribution in [0, 0.1) is 10.1 Å². The molecule has 0 saturated heterocycles. The van der Waals surface area contributed by atoms with E-state index < -0.39 is 4.92 Å². The van der Waals surface area contributed by atoms with Crippen molar-refractivity contribution in [2.24, 2.45) is 0 Å². The number of anilines is 2. The van der Waals surface area contributed by atoms with Crippen LogP contribution in [-0.2, 0) is 0 Å². The first kappa shape index (κ1) is 15.9. The van der Waals surface area contributed by atoms with Gasteiger partial charge >= 0.3 is 5.69 Å². The molecular weight excluding hydrogens is 306 g/mol. The standard InChI is InChI=1S/C15H14ClN3O3/c16-9-3-8-14(20)11-5-1-2-6-12(11)18-15-13(19(21)22)7-4-10-17-15/h1-2,4-7,10H,3,8-9H2,(H,17,18). The third-order valence-corrected chi connectivity index (χ3v) is 3.27. The monoisotopic (exact) mass is 319 g/mol. The zero-order chi connectivity index (χ0) is 15.9. The van der Waals surface area contributed by atoms with Gasteiger partial charge in [0, 0.05) is 30.1 Å². The predicted octanol–water partition coefficient (Wildman–Crippen LogP) is 3.94. The molecule has 0 spiro atoms. The van der Waals surface area contributed by atoms with Crippen LogP contribution in [0.25, 0.3) is 0 Å². The molecule has 0 radical (unpaired) electrons. The van der Waals surface area contributed by atoms with Crippen LogP contribution in [0.15, 0.2) is 42.6 Å². The number of nitrogens with one attached hydrogen (secondary N) is 1. The number of aromatic nitrogens is 1. The lowest BCUT2D eigenvalue weighted by Crippen LogP contribution is -2.06. The number of ketones is 1. The summed E-state index contributed by atoms with van der Waals surface area (Å²) >= 11 is 5.61. The van der Waals surface area contributed by atoms with Crippen LogP contribution in [-0.4, -0.2) is 21.6 Å². The molecule has 2 rings (SSSR count). The van der Waals surface area contributed by atoms with Gasteiger partial charge in [0.05, 0.1) is 10.6 Å². The van der Waals surface area contributed by atoms with Gasteiger partial charge in [-0.1, -0.05) is 12.1 Å². The van der Waals surface area contributed by atoms with Gasteiger partial charge in [0.1, 0.15) is 0 Å². The number of benzene rings is 1. The molecule has 0 bridgehead atoms. The molecule has 1 N–H and O–H groups in total. The lowest BCUT2D eigenvalue weighted by atomic mass is 10.0. The van der Waals surface area contributed by atoms with Crippen molar-refractivity contribution in [3.63, 3.8) is 0 Å². The van der Waals surface area contributed by atoms with Crippen LogP contribution < -0.4 is 5.32 Å². The van der Waals surface area contributed by atoms with Gasteiger partial charge in [0.25, 0.3) is 0 Å². The van der Waals surface area contributed by atoms with Crippen LogP contribution in [0.5, 0.6) is 0 Å². The fraction of sp³-hybridized carbons (Fsp3) is 0.200. The number of halogens is 1. The molecule has 114 valence electrons. The fourth-order valence-corrected chi connectivity index (χ4v) is 2.10. The average Bonchev–Trinajstić information content (AvgIpc) is 2.53. The number of Topliss-reactive ketones (excluding diaryl/α,β-unsaturated/α-hetero) is 1. The highest BCUT2D eigenvalue weighted by atomic mass is 35.5. The van der Waals surface area contributed by atoms with Crippen molar-refractivity contribution in [2.75, 3.05) is 11.2 Å². The molecule has 1 aromatic heterocycles. The Hall–Kier alpha value is -2.47. The summed E-state index contributed by atoms with van der Waals surface area (Å²) in [6.45, 7) is 0. The molecule has 0 fully saturated rings. The predicted molar refractivity (Wildman–Crippen MR) is 84.9 cm³/mol. The van der Waals surface area contributed by atoms with Crippen molar-refractivity contribution in [1.29, 1.82) is 0 Å². The number of hydrogen-bond donors (Lipinski definition) is 1. The second-order valence-electron chi connectivity index (χ2n) is 4.51. The first-order chi connectivity index (χ1) is 10.6. The molecule has 0 saturated carbocycles. The van der Waals surface area contributed by atoms with Crippen LogP contribution in [0.4, 0.5) is 17.2 Å². The number of rotatable bonds is 7. The van der Waals surface area contributed by atoms with E-state index in [-0.39, 0.29) is 17.3 Å². The van der Waals surface area contributed by atoms with Crippen molar-refractivity contribution in [3.8, 4) is 0 Å². The molecule has 7 heteroatoms. The van der Waals surface area contributed by atoms with Crippen molar-refractivity contribution in [2.45, 2.75) is 12.8 Å². The molecule has 2 aromatic rings. The fourth-order valence-electron chi connectivity index (χ4n) is 1.97. The molecule has 0 aliphatic heterocycles. The van der Waals surface area contributed by atoms with Crippen LogP contribution in [0.1, 0.15) is 23.2 Å². The zero-order valence-electron chi connectivity index (χ0n) is 11.7. The quantitative estimate of drug-likeness (QED) is 0.361. The van der Waals surface area contributed by atoms with E-state index in [1.165, 1.54) is 18.3 Å². The van der Waals surface area contributed by atoms with Gasteiger partial charge in [-0.25, -0.2) is 4.98 Å². The van der Waals surface area contributed by atoms with Crippen LogP contribution in [0.3, 0.4) is 0 Å². The first-order valence-electron chi connectivity index (χ1n) is 6.68. The minimum absolute atomic E-state index is 0.0673. The van der Waals surface area contributed by atoms with E-state index in [1.807, 2.05) is 0 Å². The number of hydrogen-bond acceptors (Lipinski definition) is 5. The Bertz CT molecular complexity index is 691. The van der Waals surface area contributed by atoms with Crippen LogP contribution in [0.2, 0.25) is 0 Å². The lowest BCUT2D eigenvalue weighted by molar-refractivity contribution is -0.384. The zero-order valence-corrected chi connectivity index (χ0v) is 12.4. The third-order valence-electron chi connectivity index (χ3n) is 3.00. The summed E-state index contributed by atoms with van der Waals surface area (Å²) in [4.78, 5) is 26.6. The highest BCUT2D eigenvalue weighted by Crippen LogP contribution is 2.27. The summed E-state index contributed by atoms with van der Waals surface area (Å²) in [5.74, 6) is 0.444. The Balaban J connectivity index is 2.31. The van der Waals surface area contributed by atoms with Gasteiger partial charge in [-0.15, -0.1) is 11.6 Å². The molecule has 0 amide bonds. The van der Waals surface area contributed by atoms with Gasteiger partial charge < -0.3 is 5.32 Å². The van der Waals surface area contributed by atoms with Crippen molar-refractivity contribution in [1.82, 2.24) is 4.98 Å². The van der Waals surface area contributed by atoms with E-state index in [1.54, 1.807) is 24.3 Å². The summed E-state index contributed by atoms with van der Waals surface area (Å²) in [6.07, 6.45) is 2.36. The van der Waals surface area contributed by atoms with Gasteiger partial charge in [-0.05, 0) is 24.6 Å². The molecular formula is C15H14ClN3O3. The van der Waals surface area contributed by atoms with E-state index in [4.69, 9.17) is 11.6 Å². The number of alkyl halides is 1. The Morgan fingerprint density at radius 2 is 2.05 bits per heavy atom.